The smallest absolute Gasteiger partial charge is 0.252 e. The molecule has 114 valence electrons. The third kappa shape index (κ3) is 6.19. The summed E-state index contributed by atoms with van der Waals surface area (Å²) in [6.45, 7) is 1.88. The fraction of sp³-hybridized carbons (Fsp3) is 0.438. The van der Waals surface area contributed by atoms with Crippen molar-refractivity contribution in [2.45, 2.75) is 25.8 Å². The molecule has 2 N–H and O–H groups in total. The molecule has 0 fully saturated rings. The molecule has 0 spiro atoms. The number of aliphatic hydroxyl groups is 1. The molecule has 1 aromatic carbocycles. The maximum atomic E-state index is 13.4. The van der Waals surface area contributed by atoms with Gasteiger partial charge in [-0.3, -0.25) is 4.79 Å². The summed E-state index contributed by atoms with van der Waals surface area (Å²) in [5.41, 5.74) is 0.704. The molecule has 1 atom stereocenters. The van der Waals surface area contributed by atoms with Crippen molar-refractivity contribution in [2.75, 3.05) is 18.6 Å². The van der Waals surface area contributed by atoms with Gasteiger partial charge in [0.05, 0.1) is 12.2 Å². The average molecular weight is 309 g/mol. The van der Waals surface area contributed by atoms with E-state index in [1.165, 1.54) is 18.2 Å². The van der Waals surface area contributed by atoms with Gasteiger partial charge in [-0.15, -0.1) is 0 Å². The van der Waals surface area contributed by atoms with Crippen molar-refractivity contribution >= 4 is 17.7 Å². The molecule has 5 heteroatoms. The van der Waals surface area contributed by atoms with E-state index in [0.717, 1.165) is 12.2 Å². The van der Waals surface area contributed by atoms with Gasteiger partial charge < -0.3 is 10.4 Å². The zero-order valence-corrected chi connectivity index (χ0v) is 13.1. The molecule has 1 unspecified atom stereocenters. The lowest BCUT2D eigenvalue weighted by atomic mass is 10.1. The Morgan fingerprint density at radius 2 is 2.29 bits per heavy atom. The molecule has 21 heavy (non-hydrogen) atoms. The highest BCUT2D eigenvalue weighted by Gasteiger charge is 2.14. The van der Waals surface area contributed by atoms with Gasteiger partial charge in [-0.2, -0.15) is 11.8 Å². The first-order valence-electron chi connectivity index (χ1n) is 6.77. The molecular weight excluding hydrogens is 289 g/mol. The highest BCUT2D eigenvalue weighted by Crippen LogP contribution is 2.11. The molecule has 0 radical (unpaired) electrons. The third-order valence-electron chi connectivity index (χ3n) is 2.82. The number of carbonyl (C=O) groups is 1. The summed E-state index contributed by atoms with van der Waals surface area (Å²) in [6.07, 6.45) is 3.19. The van der Waals surface area contributed by atoms with Crippen LogP contribution in [0.25, 0.3) is 0 Å². The molecule has 0 aliphatic heterocycles. The van der Waals surface area contributed by atoms with E-state index in [9.17, 15) is 9.18 Å². The average Bonchev–Trinajstić information content (AvgIpc) is 2.46. The highest BCUT2D eigenvalue weighted by molar-refractivity contribution is 7.98. The molecular formula is C16H20FNO2S. The second-order valence-electron chi connectivity index (χ2n) is 4.62. The van der Waals surface area contributed by atoms with Crippen LogP contribution in [0.15, 0.2) is 18.2 Å². The Balaban J connectivity index is 2.87. The van der Waals surface area contributed by atoms with Gasteiger partial charge in [-0.05, 0) is 43.6 Å². The number of thioether (sulfide) groups is 1. The van der Waals surface area contributed by atoms with Crippen molar-refractivity contribution in [3.8, 4) is 11.8 Å². The van der Waals surface area contributed by atoms with Crippen molar-refractivity contribution < 1.29 is 14.3 Å². The van der Waals surface area contributed by atoms with Crippen LogP contribution < -0.4 is 5.32 Å². The zero-order valence-electron chi connectivity index (χ0n) is 12.3. The molecule has 0 saturated heterocycles. The number of aliphatic hydroxyl groups excluding tert-OH is 1. The van der Waals surface area contributed by atoms with Crippen LogP contribution in [0.3, 0.4) is 0 Å². The van der Waals surface area contributed by atoms with Crippen molar-refractivity contribution in [1.29, 1.82) is 0 Å². The summed E-state index contributed by atoms with van der Waals surface area (Å²) in [7, 11) is 0. The van der Waals surface area contributed by atoms with Crippen LogP contribution >= 0.6 is 11.8 Å². The SMILES string of the molecule is CSCCC(C)NC(=O)c1cc(F)ccc1C#CCCO. The van der Waals surface area contributed by atoms with Crippen molar-refractivity contribution in [1.82, 2.24) is 5.32 Å². The molecule has 3 nitrogen and oxygen atoms in total. The van der Waals surface area contributed by atoms with E-state index >= 15 is 0 Å². The number of amides is 1. The Morgan fingerprint density at radius 1 is 1.52 bits per heavy atom. The predicted molar refractivity (Wildman–Crippen MR) is 84.9 cm³/mol. The number of benzene rings is 1. The van der Waals surface area contributed by atoms with Gasteiger partial charge in [0.1, 0.15) is 5.82 Å². The van der Waals surface area contributed by atoms with Crippen LogP contribution in [-0.4, -0.2) is 35.7 Å². The minimum atomic E-state index is -0.468. The summed E-state index contributed by atoms with van der Waals surface area (Å²) < 4.78 is 13.4. The monoisotopic (exact) mass is 309 g/mol. The van der Waals surface area contributed by atoms with E-state index in [0.29, 0.717) is 12.0 Å². The summed E-state index contributed by atoms with van der Waals surface area (Å²) in [5.74, 6) is 5.71. The summed E-state index contributed by atoms with van der Waals surface area (Å²) in [5, 5.41) is 11.6. The van der Waals surface area contributed by atoms with E-state index in [2.05, 4.69) is 17.2 Å². The largest absolute Gasteiger partial charge is 0.395 e. The second kappa shape index (κ2) is 9.43. The first-order valence-corrected chi connectivity index (χ1v) is 8.17. The molecule has 0 heterocycles. The first-order chi connectivity index (χ1) is 10.1. The quantitative estimate of drug-likeness (QED) is 0.794. The van der Waals surface area contributed by atoms with Gasteiger partial charge in [0.15, 0.2) is 0 Å². The maximum absolute atomic E-state index is 13.4. The lowest BCUT2D eigenvalue weighted by molar-refractivity contribution is 0.0939. The summed E-state index contributed by atoms with van der Waals surface area (Å²) in [6, 6.07) is 3.98. The Morgan fingerprint density at radius 3 is 2.95 bits per heavy atom. The van der Waals surface area contributed by atoms with Crippen LogP contribution in [-0.2, 0) is 0 Å². The van der Waals surface area contributed by atoms with Crippen LogP contribution in [0.2, 0.25) is 0 Å². The molecule has 1 aromatic rings. The topological polar surface area (TPSA) is 49.3 Å². The van der Waals surface area contributed by atoms with Gasteiger partial charge >= 0.3 is 0 Å². The van der Waals surface area contributed by atoms with E-state index < -0.39 is 5.82 Å². The molecule has 0 aliphatic rings. The van der Waals surface area contributed by atoms with Gasteiger partial charge in [0.25, 0.3) is 5.91 Å². The van der Waals surface area contributed by atoms with Crippen LogP contribution in [0.1, 0.15) is 35.7 Å². The Kier molecular flexibility index (Phi) is 7.88. The lowest BCUT2D eigenvalue weighted by Gasteiger charge is -2.14. The number of halogens is 1. The van der Waals surface area contributed by atoms with Crippen LogP contribution in [0.5, 0.6) is 0 Å². The predicted octanol–water partition coefficient (Wildman–Crippen LogP) is 2.43. The van der Waals surface area contributed by atoms with E-state index in [1.54, 1.807) is 11.8 Å². The van der Waals surface area contributed by atoms with Crippen molar-refractivity contribution in [2.24, 2.45) is 0 Å². The maximum Gasteiger partial charge on any atom is 0.252 e. The zero-order chi connectivity index (χ0) is 15.7. The number of rotatable bonds is 6. The number of carbonyl (C=O) groups excluding carboxylic acids is 1. The molecule has 1 rings (SSSR count). The molecule has 0 aliphatic carbocycles. The van der Waals surface area contributed by atoms with Crippen molar-refractivity contribution in [3.05, 3.63) is 35.1 Å². The lowest BCUT2D eigenvalue weighted by Crippen LogP contribution is -2.33. The Hall–Kier alpha value is -1.51. The molecule has 0 aromatic heterocycles. The summed E-state index contributed by atoms with van der Waals surface area (Å²) >= 11 is 1.71. The second-order valence-corrected chi connectivity index (χ2v) is 5.61. The molecule has 0 bridgehead atoms. The normalized spacial score (nSPS) is 11.4. The standard InChI is InChI=1S/C16H20FNO2S/c1-12(8-10-21-2)18-16(20)15-11-14(17)7-6-13(15)5-3-4-9-19/h6-7,11-12,19H,4,8-10H2,1-2H3,(H,18,20). The first kappa shape index (κ1) is 17.5. The number of hydrogen-bond acceptors (Lipinski definition) is 3. The minimum absolute atomic E-state index is 0.0199. The Bertz CT molecular complexity index is 537. The van der Waals surface area contributed by atoms with Crippen LogP contribution in [0, 0.1) is 17.7 Å². The minimum Gasteiger partial charge on any atom is -0.395 e. The summed E-state index contributed by atoms with van der Waals surface area (Å²) in [4.78, 5) is 12.2. The Labute approximate surface area is 129 Å². The van der Waals surface area contributed by atoms with Gasteiger partial charge in [-0.1, -0.05) is 11.8 Å². The van der Waals surface area contributed by atoms with E-state index in [4.69, 9.17) is 5.11 Å². The third-order valence-corrected chi connectivity index (χ3v) is 3.46. The molecule has 1 amide bonds. The van der Waals surface area contributed by atoms with Crippen molar-refractivity contribution in [3.63, 3.8) is 0 Å². The number of nitrogens with one attached hydrogen (secondary N) is 1. The number of hydrogen-bond donors (Lipinski definition) is 2. The fourth-order valence-electron chi connectivity index (χ4n) is 1.70. The van der Waals surface area contributed by atoms with Gasteiger partial charge in [-0.25, -0.2) is 4.39 Å². The highest BCUT2D eigenvalue weighted by atomic mass is 32.2. The van der Waals surface area contributed by atoms with Gasteiger partial charge in [0, 0.05) is 18.0 Å². The van der Waals surface area contributed by atoms with E-state index in [1.807, 2.05) is 13.2 Å². The van der Waals surface area contributed by atoms with Crippen LogP contribution in [0.4, 0.5) is 4.39 Å². The fourth-order valence-corrected chi connectivity index (χ4v) is 2.28. The molecule has 0 saturated carbocycles. The van der Waals surface area contributed by atoms with Gasteiger partial charge in [0.2, 0.25) is 0 Å². The van der Waals surface area contributed by atoms with E-state index in [-0.39, 0.29) is 24.1 Å².